The summed E-state index contributed by atoms with van der Waals surface area (Å²) in [5.41, 5.74) is 3.63. The largest absolute Gasteiger partial charge is 0.349 e. The van der Waals surface area contributed by atoms with Crippen LogP contribution in [-0.2, 0) is 19.4 Å². The molecule has 0 bridgehead atoms. The fourth-order valence-corrected chi connectivity index (χ4v) is 4.44. The van der Waals surface area contributed by atoms with Crippen LogP contribution in [0.25, 0.3) is 0 Å². The van der Waals surface area contributed by atoms with Crippen molar-refractivity contribution in [2.24, 2.45) is 0 Å². The fraction of sp³-hybridized carbons (Fsp3) is 0.375. The van der Waals surface area contributed by atoms with E-state index < -0.39 is 21.8 Å². The molecule has 2 aliphatic rings. The van der Waals surface area contributed by atoms with Gasteiger partial charge in [0.1, 0.15) is 0 Å². The van der Waals surface area contributed by atoms with Crippen LogP contribution in [-0.4, -0.2) is 32.0 Å². The van der Waals surface area contributed by atoms with E-state index in [2.05, 4.69) is 10.6 Å². The van der Waals surface area contributed by atoms with Crippen LogP contribution in [0.2, 0.25) is 0 Å². The van der Waals surface area contributed by atoms with Gasteiger partial charge < -0.3 is 10.6 Å². The second kappa shape index (κ2) is 5.49. The van der Waals surface area contributed by atoms with E-state index in [4.69, 9.17) is 0 Å². The van der Waals surface area contributed by atoms with E-state index >= 15 is 0 Å². The summed E-state index contributed by atoms with van der Waals surface area (Å²) < 4.78 is 22.7. The van der Waals surface area contributed by atoms with E-state index in [1.165, 1.54) is 6.08 Å². The van der Waals surface area contributed by atoms with Gasteiger partial charge in [0.25, 0.3) is 0 Å². The number of carbonyl (C=O) groups excluding carboxylic acids is 2. The molecule has 6 nitrogen and oxygen atoms in total. The van der Waals surface area contributed by atoms with Crippen LogP contribution in [0, 0.1) is 13.8 Å². The topological polar surface area (TPSA) is 92.3 Å². The fourth-order valence-electron chi connectivity index (χ4n) is 3.21. The Morgan fingerprint density at radius 1 is 1.35 bits per heavy atom. The molecule has 2 atom stereocenters. The van der Waals surface area contributed by atoms with Gasteiger partial charge in [-0.25, -0.2) is 8.42 Å². The van der Waals surface area contributed by atoms with Gasteiger partial charge in [0.05, 0.1) is 17.7 Å². The van der Waals surface area contributed by atoms with Crippen LogP contribution in [0.1, 0.15) is 29.0 Å². The van der Waals surface area contributed by atoms with Crippen LogP contribution in [0.3, 0.4) is 0 Å². The van der Waals surface area contributed by atoms with Crippen LogP contribution < -0.4 is 10.6 Å². The molecule has 2 aliphatic heterocycles. The summed E-state index contributed by atoms with van der Waals surface area (Å²) in [6.07, 6.45) is 1.47. The maximum atomic E-state index is 12.2. The Kier molecular flexibility index (Phi) is 3.75. The van der Waals surface area contributed by atoms with Crippen molar-refractivity contribution in [2.45, 2.75) is 32.2 Å². The molecule has 122 valence electrons. The van der Waals surface area contributed by atoms with E-state index in [9.17, 15) is 18.0 Å². The maximum absolute atomic E-state index is 12.2. The third kappa shape index (κ3) is 3.14. The number of sulfone groups is 1. The number of anilines is 1. The van der Waals surface area contributed by atoms with Crippen LogP contribution >= 0.6 is 0 Å². The van der Waals surface area contributed by atoms with Crippen molar-refractivity contribution in [3.05, 3.63) is 40.3 Å². The number of amides is 2. The van der Waals surface area contributed by atoms with Gasteiger partial charge in [-0.3, -0.25) is 9.59 Å². The lowest BCUT2D eigenvalue weighted by molar-refractivity contribution is -0.125. The number of hydrogen-bond donors (Lipinski definition) is 2. The first-order chi connectivity index (χ1) is 10.7. The molecule has 2 heterocycles. The maximum Gasteiger partial charge on any atom is 0.232 e. The minimum atomic E-state index is -3.21. The quantitative estimate of drug-likeness (QED) is 0.867. The highest BCUT2D eigenvalue weighted by molar-refractivity contribution is 7.94. The van der Waals surface area contributed by atoms with E-state index in [0.29, 0.717) is 0 Å². The predicted octanol–water partition coefficient (Wildman–Crippen LogP) is 1.16. The summed E-state index contributed by atoms with van der Waals surface area (Å²) in [5, 5.41) is 6.58. The molecule has 0 saturated heterocycles. The van der Waals surface area contributed by atoms with Crippen LogP contribution in [0.4, 0.5) is 5.69 Å². The molecule has 2 N–H and O–H groups in total. The van der Waals surface area contributed by atoms with Gasteiger partial charge in [-0.1, -0.05) is 6.07 Å². The minimum Gasteiger partial charge on any atom is -0.349 e. The molecule has 1 aromatic carbocycles. The monoisotopic (exact) mass is 334 g/mol. The summed E-state index contributed by atoms with van der Waals surface area (Å²) in [6, 6.07) is 3.36. The van der Waals surface area contributed by atoms with E-state index in [0.717, 1.165) is 27.8 Å². The highest BCUT2D eigenvalue weighted by atomic mass is 32.2. The Labute approximate surface area is 134 Å². The Morgan fingerprint density at radius 2 is 2.09 bits per heavy atom. The molecule has 0 aliphatic carbocycles. The number of benzene rings is 1. The molecule has 23 heavy (non-hydrogen) atoms. The number of rotatable bonds is 3. The number of hydrogen-bond acceptors (Lipinski definition) is 4. The highest BCUT2D eigenvalue weighted by Gasteiger charge is 2.34. The molecule has 0 spiro atoms. The zero-order valence-electron chi connectivity index (χ0n) is 12.9. The summed E-state index contributed by atoms with van der Waals surface area (Å²) in [7, 11) is -3.21. The standard InChI is InChI=1S/C16H18N2O4S/c1-9-5-10(2)15-12(16(20)18-13(15)6-9)7-14(19)17-11-3-4-23(21,22)8-11/h3-6,11-12H,7-8H2,1-2H3,(H,17,19)(H,18,20)/t11-,12-/m0/s1. The average molecular weight is 334 g/mol. The Bertz CT molecular complexity index is 827. The molecule has 0 saturated carbocycles. The SMILES string of the molecule is Cc1cc(C)c2c(c1)NC(=O)[C@H]2CC(=O)N[C@H]1C=CS(=O)(=O)C1. The van der Waals surface area contributed by atoms with Gasteiger partial charge >= 0.3 is 0 Å². The number of nitrogens with one attached hydrogen (secondary N) is 2. The normalized spacial score (nSPS) is 24.3. The predicted molar refractivity (Wildman–Crippen MR) is 86.8 cm³/mol. The zero-order valence-corrected chi connectivity index (χ0v) is 13.7. The van der Waals surface area contributed by atoms with Gasteiger partial charge in [-0.2, -0.15) is 0 Å². The number of aryl methyl sites for hydroxylation is 2. The first kappa shape index (κ1) is 15.7. The first-order valence-electron chi connectivity index (χ1n) is 7.37. The van der Waals surface area contributed by atoms with Gasteiger partial charge in [0, 0.05) is 17.5 Å². The third-order valence-electron chi connectivity index (χ3n) is 4.12. The van der Waals surface area contributed by atoms with Crippen molar-refractivity contribution >= 4 is 27.3 Å². The van der Waals surface area contributed by atoms with E-state index in [-0.39, 0.29) is 24.0 Å². The van der Waals surface area contributed by atoms with Crippen LogP contribution in [0.15, 0.2) is 23.6 Å². The molecular weight excluding hydrogens is 316 g/mol. The summed E-state index contributed by atoms with van der Waals surface area (Å²) in [6.45, 7) is 3.87. The van der Waals surface area contributed by atoms with Crippen molar-refractivity contribution in [1.82, 2.24) is 5.32 Å². The summed E-state index contributed by atoms with van der Waals surface area (Å²) in [4.78, 5) is 24.3. The van der Waals surface area contributed by atoms with E-state index in [1.54, 1.807) is 0 Å². The summed E-state index contributed by atoms with van der Waals surface area (Å²) in [5.74, 6) is -1.18. The van der Waals surface area contributed by atoms with Gasteiger partial charge in [-0.15, -0.1) is 0 Å². The van der Waals surface area contributed by atoms with Crippen molar-refractivity contribution in [3.63, 3.8) is 0 Å². The molecule has 7 heteroatoms. The lowest BCUT2D eigenvalue weighted by Gasteiger charge is -2.14. The third-order valence-corrected chi connectivity index (χ3v) is 5.52. The highest BCUT2D eigenvalue weighted by Crippen LogP contribution is 2.37. The molecule has 0 radical (unpaired) electrons. The Morgan fingerprint density at radius 3 is 2.74 bits per heavy atom. The molecule has 2 amide bonds. The van der Waals surface area contributed by atoms with Gasteiger partial charge in [0.15, 0.2) is 9.84 Å². The average Bonchev–Trinajstić information content (AvgIpc) is 2.90. The minimum absolute atomic E-state index is 0.00707. The van der Waals surface area contributed by atoms with E-state index in [1.807, 2.05) is 26.0 Å². The summed E-state index contributed by atoms with van der Waals surface area (Å²) >= 11 is 0. The van der Waals surface area contributed by atoms with Gasteiger partial charge in [-0.05, 0) is 42.7 Å². The zero-order chi connectivity index (χ0) is 16.8. The number of fused-ring (bicyclic) bond motifs is 1. The van der Waals surface area contributed by atoms with Crippen molar-refractivity contribution < 1.29 is 18.0 Å². The lowest BCUT2D eigenvalue weighted by Crippen LogP contribution is -2.36. The second-order valence-corrected chi connectivity index (χ2v) is 8.05. The van der Waals surface area contributed by atoms with Crippen molar-refractivity contribution in [3.8, 4) is 0 Å². The molecule has 1 aromatic rings. The molecule has 0 fully saturated rings. The smallest absolute Gasteiger partial charge is 0.232 e. The molecule has 0 aromatic heterocycles. The van der Waals surface area contributed by atoms with Crippen molar-refractivity contribution in [2.75, 3.05) is 11.1 Å². The lowest BCUT2D eigenvalue weighted by atomic mass is 9.92. The van der Waals surface area contributed by atoms with Crippen molar-refractivity contribution in [1.29, 1.82) is 0 Å². The second-order valence-electron chi connectivity index (χ2n) is 6.12. The Balaban J connectivity index is 1.73. The first-order valence-corrected chi connectivity index (χ1v) is 9.09. The molecule has 0 unspecified atom stereocenters. The molecule has 3 rings (SSSR count). The Hall–Kier alpha value is -2.15. The van der Waals surface area contributed by atoms with Gasteiger partial charge in [0.2, 0.25) is 11.8 Å². The molecular formula is C16H18N2O4S. The number of carbonyl (C=O) groups is 2. The van der Waals surface area contributed by atoms with Crippen LogP contribution in [0.5, 0.6) is 0 Å².